The van der Waals surface area contributed by atoms with Gasteiger partial charge in [0.1, 0.15) is 6.10 Å². The van der Waals surface area contributed by atoms with Crippen LogP contribution < -0.4 is 5.32 Å². The highest BCUT2D eigenvalue weighted by atomic mass is 16.6. The summed E-state index contributed by atoms with van der Waals surface area (Å²) in [7, 11) is 0. The van der Waals surface area contributed by atoms with E-state index in [1.165, 1.54) is 0 Å². The summed E-state index contributed by atoms with van der Waals surface area (Å²) in [6.45, 7) is 1.75. The van der Waals surface area contributed by atoms with Crippen LogP contribution in [-0.2, 0) is 19.1 Å². The second kappa shape index (κ2) is 5.79. The molecule has 2 atom stereocenters. The Hall–Kier alpha value is -2.37. The van der Waals surface area contributed by atoms with Gasteiger partial charge in [0.15, 0.2) is 0 Å². The third-order valence-electron chi connectivity index (χ3n) is 3.71. The topological polar surface area (TPSA) is 81.7 Å². The molecule has 0 aromatic heterocycles. The van der Waals surface area contributed by atoms with Gasteiger partial charge in [0.2, 0.25) is 12.0 Å². The SMILES string of the molecule is C[C@@H]1C[C@@H](OC(=O)c2ccc(NC(=O)C3CC3)cc2)C(=O)O1. The molecule has 0 bridgehead atoms. The van der Waals surface area contributed by atoms with Crippen molar-refractivity contribution in [3.8, 4) is 0 Å². The second-order valence-corrected chi connectivity index (χ2v) is 5.72. The van der Waals surface area contributed by atoms with E-state index >= 15 is 0 Å². The van der Waals surface area contributed by atoms with E-state index in [0.29, 0.717) is 17.7 Å². The molecule has 1 saturated carbocycles. The highest BCUT2D eigenvalue weighted by molar-refractivity contribution is 5.95. The lowest BCUT2D eigenvalue weighted by Crippen LogP contribution is -2.22. The van der Waals surface area contributed by atoms with Gasteiger partial charge in [0.25, 0.3) is 0 Å². The van der Waals surface area contributed by atoms with Crippen molar-refractivity contribution >= 4 is 23.5 Å². The molecule has 1 aromatic rings. The molecule has 2 aliphatic rings. The van der Waals surface area contributed by atoms with E-state index in [9.17, 15) is 14.4 Å². The summed E-state index contributed by atoms with van der Waals surface area (Å²) in [5, 5.41) is 2.79. The molecule has 6 heteroatoms. The lowest BCUT2D eigenvalue weighted by atomic mass is 10.2. The number of esters is 2. The number of nitrogens with one attached hydrogen (secondary N) is 1. The number of hydrogen-bond acceptors (Lipinski definition) is 5. The Kier molecular flexibility index (Phi) is 3.83. The van der Waals surface area contributed by atoms with Gasteiger partial charge in [-0.2, -0.15) is 0 Å². The maximum absolute atomic E-state index is 12.0. The molecule has 0 spiro atoms. The van der Waals surface area contributed by atoms with Crippen LogP contribution in [0.15, 0.2) is 24.3 Å². The zero-order chi connectivity index (χ0) is 15.7. The molecule has 0 unspecified atom stereocenters. The first kappa shape index (κ1) is 14.6. The van der Waals surface area contributed by atoms with Gasteiger partial charge in [-0.15, -0.1) is 0 Å². The lowest BCUT2D eigenvalue weighted by molar-refractivity contribution is -0.147. The van der Waals surface area contributed by atoms with Crippen molar-refractivity contribution in [1.82, 2.24) is 0 Å². The van der Waals surface area contributed by atoms with E-state index in [2.05, 4.69) is 5.32 Å². The standard InChI is InChI=1S/C16H17NO5/c1-9-8-13(16(20)21-9)22-15(19)11-4-6-12(7-5-11)17-14(18)10-2-3-10/h4-7,9-10,13H,2-3,8H2,1H3,(H,17,18)/t9-,13-/m1/s1. The quantitative estimate of drug-likeness (QED) is 0.859. The fourth-order valence-electron chi connectivity index (χ4n) is 2.29. The molecule has 116 valence electrons. The maximum atomic E-state index is 12.0. The predicted octanol–water partition coefficient (Wildman–Crippen LogP) is 1.90. The molecule has 1 heterocycles. The number of carbonyl (C=O) groups excluding carboxylic acids is 3. The van der Waals surface area contributed by atoms with Gasteiger partial charge in [-0.25, -0.2) is 9.59 Å². The molecule has 1 saturated heterocycles. The molecule has 1 aliphatic heterocycles. The second-order valence-electron chi connectivity index (χ2n) is 5.72. The van der Waals surface area contributed by atoms with Gasteiger partial charge in [0.05, 0.1) is 5.56 Å². The largest absolute Gasteiger partial charge is 0.460 e. The van der Waals surface area contributed by atoms with Gasteiger partial charge in [-0.1, -0.05) is 0 Å². The number of hydrogen-bond donors (Lipinski definition) is 1. The summed E-state index contributed by atoms with van der Waals surface area (Å²) in [4.78, 5) is 35.1. The first-order valence-electron chi connectivity index (χ1n) is 7.35. The molecular weight excluding hydrogens is 286 g/mol. The minimum Gasteiger partial charge on any atom is -0.460 e. The van der Waals surface area contributed by atoms with Crippen molar-refractivity contribution < 1.29 is 23.9 Å². The Bertz CT molecular complexity index is 605. The van der Waals surface area contributed by atoms with E-state index in [1.807, 2.05) is 0 Å². The molecule has 1 amide bonds. The molecule has 0 radical (unpaired) electrons. The Morgan fingerprint density at radius 2 is 1.91 bits per heavy atom. The van der Waals surface area contributed by atoms with Crippen LogP contribution in [0.25, 0.3) is 0 Å². The minimum atomic E-state index is -0.836. The van der Waals surface area contributed by atoms with Crippen LogP contribution in [0.5, 0.6) is 0 Å². The van der Waals surface area contributed by atoms with E-state index in [4.69, 9.17) is 9.47 Å². The van der Waals surface area contributed by atoms with Crippen LogP contribution >= 0.6 is 0 Å². The number of benzene rings is 1. The van der Waals surface area contributed by atoms with Crippen molar-refractivity contribution in [3.63, 3.8) is 0 Å². The zero-order valence-electron chi connectivity index (χ0n) is 12.2. The van der Waals surface area contributed by atoms with Crippen molar-refractivity contribution in [2.24, 2.45) is 5.92 Å². The summed E-state index contributed by atoms with van der Waals surface area (Å²) in [6, 6.07) is 6.42. The monoisotopic (exact) mass is 303 g/mol. The highest BCUT2D eigenvalue weighted by Crippen LogP contribution is 2.30. The fraction of sp³-hybridized carbons (Fsp3) is 0.438. The number of cyclic esters (lactones) is 1. The first-order valence-corrected chi connectivity index (χ1v) is 7.35. The van der Waals surface area contributed by atoms with Crippen LogP contribution in [-0.4, -0.2) is 30.1 Å². The van der Waals surface area contributed by atoms with Crippen molar-refractivity contribution in [1.29, 1.82) is 0 Å². The lowest BCUT2D eigenvalue weighted by Gasteiger charge is -2.09. The molecule has 2 fully saturated rings. The fourth-order valence-corrected chi connectivity index (χ4v) is 2.29. The van der Waals surface area contributed by atoms with Crippen LogP contribution in [0.2, 0.25) is 0 Å². The third-order valence-corrected chi connectivity index (χ3v) is 3.71. The van der Waals surface area contributed by atoms with Crippen LogP contribution in [0.1, 0.15) is 36.5 Å². The summed E-state index contributed by atoms with van der Waals surface area (Å²) < 4.78 is 10.1. The van der Waals surface area contributed by atoms with E-state index in [1.54, 1.807) is 31.2 Å². The predicted molar refractivity (Wildman–Crippen MR) is 77.2 cm³/mol. The average Bonchev–Trinajstić information content (AvgIpc) is 3.27. The number of ether oxygens (including phenoxy) is 2. The number of carbonyl (C=O) groups is 3. The molecular formula is C16H17NO5. The van der Waals surface area contributed by atoms with Crippen molar-refractivity contribution in [3.05, 3.63) is 29.8 Å². The normalized spacial score (nSPS) is 23.8. The summed E-state index contributed by atoms with van der Waals surface area (Å²) in [5.41, 5.74) is 0.971. The first-order chi connectivity index (χ1) is 10.5. The molecule has 6 nitrogen and oxygen atoms in total. The Labute approximate surface area is 127 Å². The summed E-state index contributed by atoms with van der Waals surface area (Å²) in [6.07, 6.45) is 1.18. The molecule has 22 heavy (non-hydrogen) atoms. The summed E-state index contributed by atoms with van der Waals surface area (Å²) >= 11 is 0. The molecule has 1 N–H and O–H groups in total. The van der Waals surface area contributed by atoms with E-state index in [-0.39, 0.29) is 17.9 Å². The van der Waals surface area contributed by atoms with Crippen LogP contribution in [0.4, 0.5) is 5.69 Å². The minimum absolute atomic E-state index is 0.0121. The van der Waals surface area contributed by atoms with E-state index in [0.717, 1.165) is 12.8 Å². The van der Waals surface area contributed by atoms with Gasteiger partial charge >= 0.3 is 11.9 Å². The van der Waals surface area contributed by atoms with Crippen LogP contribution in [0.3, 0.4) is 0 Å². The highest BCUT2D eigenvalue weighted by Gasteiger charge is 2.35. The number of amides is 1. The van der Waals surface area contributed by atoms with Gasteiger partial charge in [-0.3, -0.25) is 4.79 Å². The molecule has 1 aliphatic carbocycles. The van der Waals surface area contributed by atoms with Gasteiger partial charge < -0.3 is 14.8 Å². The van der Waals surface area contributed by atoms with Crippen LogP contribution in [0, 0.1) is 5.92 Å². The average molecular weight is 303 g/mol. The molecule has 3 rings (SSSR count). The number of anilines is 1. The summed E-state index contributed by atoms with van der Waals surface area (Å²) in [5.74, 6) is -0.941. The van der Waals surface area contributed by atoms with Gasteiger partial charge in [-0.05, 0) is 44.0 Å². The third kappa shape index (κ3) is 3.27. The van der Waals surface area contributed by atoms with Crippen molar-refractivity contribution in [2.75, 3.05) is 5.32 Å². The Morgan fingerprint density at radius 1 is 1.23 bits per heavy atom. The van der Waals surface area contributed by atoms with E-state index < -0.39 is 18.0 Å². The molecule has 1 aromatic carbocycles. The Morgan fingerprint density at radius 3 is 2.45 bits per heavy atom. The van der Waals surface area contributed by atoms with Crippen molar-refractivity contribution in [2.45, 2.75) is 38.4 Å². The maximum Gasteiger partial charge on any atom is 0.347 e. The Balaban J connectivity index is 1.58. The smallest absolute Gasteiger partial charge is 0.347 e. The number of rotatable bonds is 4. The van der Waals surface area contributed by atoms with Gasteiger partial charge in [0, 0.05) is 18.0 Å². The zero-order valence-corrected chi connectivity index (χ0v) is 12.2.